The van der Waals surface area contributed by atoms with Crippen molar-refractivity contribution in [3.8, 4) is 0 Å². The highest BCUT2D eigenvalue weighted by Gasteiger charge is 2.10. The SMILES string of the molecule is Cc1cc(C)cc(C(=O)NCC(=O)Nc2ccc3[nH]c(=O)[nH]c3c2)c1. The summed E-state index contributed by atoms with van der Waals surface area (Å²) in [4.78, 5) is 40.7. The Labute approximate surface area is 143 Å². The maximum absolute atomic E-state index is 12.1. The van der Waals surface area contributed by atoms with Crippen molar-refractivity contribution in [3.05, 3.63) is 63.6 Å². The lowest BCUT2D eigenvalue weighted by atomic mass is 10.1. The molecule has 7 heteroatoms. The highest BCUT2D eigenvalue weighted by Crippen LogP contribution is 2.14. The van der Waals surface area contributed by atoms with Gasteiger partial charge in [-0.3, -0.25) is 9.59 Å². The first kappa shape index (κ1) is 16.5. The second-order valence-electron chi connectivity index (χ2n) is 5.95. The van der Waals surface area contributed by atoms with E-state index in [9.17, 15) is 14.4 Å². The summed E-state index contributed by atoms with van der Waals surface area (Å²) < 4.78 is 0. The van der Waals surface area contributed by atoms with Crippen LogP contribution in [0.3, 0.4) is 0 Å². The standard InChI is InChI=1S/C18H18N4O3/c1-10-5-11(2)7-12(6-10)17(24)19-9-16(23)20-13-3-4-14-15(8-13)22-18(25)21-14/h3-8H,9H2,1-2H3,(H,19,24)(H,20,23)(H2,21,22,25). The molecule has 2 aromatic carbocycles. The number of nitrogens with one attached hydrogen (secondary N) is 4. The van der Waals surface area contributed by atoms with Gasteiger partial charge in [0.25, 0.3) is 5.91 Å². The number of fused-ring (bicyclic) bond motifs is 1. The number of benzene rings is 2. The molecule has 0 fully saturated rings. The van der Waals surface area contributed by atoms with E-state index in [2.05, 4.69) is 20.6 Å². The zero-order valence-corrected chi connectivity index (χ0v) is 13.9. The fraction of sp³-hybridized carbons (Fsp3) is 0.167. The normalized spacial score (nSPS) is 10.6. The van der Waals surface area contributed by atoms with Crippen LogP contribution in [0.15, 0.2) is 41.2 Å². The summed E-state index contributed by atoms with van der Waals surface area (Å²) in [7, 11) is 0. The molecule has 0 atom stereocenters. The number of anilines is 1. The smallest absolute Gasteiger partial charge is 0.323 e. The number of carbonyl (C=O) groups excluding carboxylic acids is 2. The van der Waals surface area contributed by atoms with E-state index in [1.165, 1.54) is 0 Å². The van der Waals surface area contributed by atoms with E-state index in [4.69, 9.17) is 0 Å². The van der Waals surface area contributed by atoms with Gasteiger partial charge in [-0.2, -0.15) is 0 Å². The lowest BCUT2D eigenvalue weighted by Gasteiger charge is -2.08. The van der Waals surface area contributed by atoms with Gasteiger partial charge in [-0.05, 0) is 44.2 Å². The first-order valence-electron chi connectivity index (χ1n) is 7.79. The maximum atomic E-state index is 12.1. The molecule has 25 heavy (non-hydrogen) atoms. The molecule has 0 spiro atoms. The third kappa shape index (κ3) is 3.95. The van der Waals surface area contributed by atoms with Crippen molar-refractivity contribution in [2.45, 2.75) is 13.8 Å². The van der Waals surface area contributed by atoms with E-state index in [-0.39, 0.29) is 24.0 Å². The summed E-state index contributed by atoms with van der Waals surface area (Å²) in [6.45, 7) is 3.68. The summed E-state index contributed by atoms with van der Waals surface area (Å²) in [6, 6.07) is 10.5. The fourth-order valence-corrected chi connectivity index (χ4v) is 2.68. The Bertz CT molecular complexity index is 996. The van der Waals surface area contributed by atoms with Crippen LogP contribution in [0, 0.1) is 13.8 Å². The molecule has 7 nitrogen and oxygen atoms in total. The van der Waals surface area contributed by atoms with Crippen molar-refractivity contribution < 1.29 is 9.59 Å². The summed E-state index contributed by atoms with van der Waals surface area (Å²) in [5.74, 6) is -0.651. The molecule has 1 aromatic heterocycles. The van der Waals surface area contributed by atoms with Crippen LogP contribution < -0.4 is 16.3 Å². The molecule has 0 unspecified atom stereocenters. The third-order valence-corrected chi connectivity index (χ3v) is 3.69. The predicted octanol–water partition coefficient (Wildman–Crippen LogP) is 1.84. The summed E-state index contributed by atoms with van der Waals surface area (Å²) in [5.41, 5.74) is 3.99. The molecule has 0 saturated heterocycles. The Morgan fingerprint density at radius 3 is 2.36 bits per heavy atom. The minimum atomic E-state index is -0.352. The molecule has 3 rings (SSSR count). The zero-order valence-electron chi connectivity index (χ0n) is 13.9. The van der Waals surface area contributed by atoms with Crippen molar-refractivity contribution in [2.75, 3.05) is 11.9 Å². The van der Waals surface area contributed by atoms with Crippen LogP contribution in [0.2, 0.25) is 0 Å². The second kappa shape index (κ2) is 6.64. The van der Waals surface area contributed by atoms with Crippen molar-refractivity contribution in [2.24, 2.45) is 0 Å². The number of aryl methyl sites for hydroxylation is 2. The third-order valence-electron chi connectivity index (χ3n) is 3.69. The summed E-state index contributed by atoms with van der Waals surface area (Å²) in [5, 5.41) is 5.28. The van der Waals surface area contributed by atoms with Crippen LogP contribution in [0.4, 0.5) is 5.69 Å². The molecule has 0 aliphatic rings. The molecule has 4 N–H and O–H groups in total. The van der Waals surface area contributed by atoms with Gasteiger partial charge in [0.1, 0.15) is 0 Å². The van der Waals surface area contributed by atoms with E-state index in [0.717, 1.165) is 11.1 Å². The van der Waals surface area contributed by atoms with Gasteiger partial charge in [-0.15, -0.1) is 0 Å². The van der Waals surface area contributed by atoms with E-state index in [1.54, 1.807) is 30.3 Å². The highest BCUT2D eigenvalue weighted by atomic mass is 16.2. The number of rotatable bonds is 4. The Hall–Kier alpha value is -3.35. The van der Waals surface area contributed by atoms with Crippen LogP contribution in [0.5, 0.6) is 0 Å². The molecule has 2 amide bonds. The van der Waals surface area contributed by atoms with Crippen molar-refractivity contribution in [1.29, 1.82) is 0 Å². The molecule has 0 bridgehead atoms. The van der Waals surface area contributed by atoms with Crippen LogP contribution in [-0.4, -0.2) is 28.3 Å². The van der Waals surface area contributed by atoms with Gasteiger partial charge < -0.3 is 20.6 Å². The molecular weight excluding hydrogens is 320 g/mol. The van der Waals surface area contributed by atoms with E-state index in [1.807, 2.05) is 19.9 Å². The first-order valence-corrected chi connectivity index (χ1v) is 7.79. The molecule has 0 saturated carbocycles. The number of imidazole rings is 1. The molecule has 0 aliphatic heterocycles. The molecule has 128 valence electrons. The number of carbonyl (C=O) groups is 2. The fourth-order valence-electron chi connectivity index (χ4n) is 2.68. The van der Waals surface area contributed by atoms with Crippen molar-refractivity contribution in [1.82, 2.24) is 15.3 Å². The van der Waals surface area contributed by atoms with Gasteiger partial charge in [0, 0.05) is 11.3 Å². The first-order chi connectivity index (χ1) is 11.9. The van der Waals surface area contributed by atoms with Crippen LogP contribution in [0.1, 0.15) is 21.5 Å². The van der Waals surface area contributed by atoms with Gasteiger partial charge in [0.05, 0.1) is 17.6 Å². The van der Waals surface area contributed by atoms with Crippen molar-refractivity contribution >= 4 is 28.5 Å². The zero-order chi connectivity index (χ0) is 18.0. The number of amides is 2. The van der Waals surface area contributed by atoms with Gasteiger partial charge in [0.2, 0.25) is 5.91 Å². The number of hydrogen-bond acceptors (Lipinski definition) is 3. The molecule has 0 radical (unpaired) electrons. The van der Waals surface area contributed by atoms with E-state index in [0.29, 0.717) is 22.3 Å². The quantitative estimate of drug-likeness (QED) is 0.583. The largest absolute Gasteiger partial charge is 0.343 e. The highest BCUT2D eigenvalue weighted by molar-refractivity contribution is 6.00. The number of aromatic amines is 2. The lowest BCUT2D eigenvalue weighted by Crippen LogP contribution is -2.32. The topological polar surface area (TPSA) is 107 Å². The van der Waals surface area contributed by atoms with Gasteiger partial charge in [-0.1, -0.05) is 17.2 Å². The minimum Gasteiger partial charge on any atom is -0.343 e. The Kier molecular flexibility index (Phi) is 4.38. The number of aromatic nitrogens is 2. The average molecular weight is 338 g/mol. The lowest BCUT2D eigenvalue weighted by molar-refractivity contribution is -0.115. The van der Waals surface area contributed by atoms with E-state index >= 15 is 0 Å². The molecular formula is C18H18N4O3. The Morgan fingerprint density at radius 1 is 0.960 bits per heavy atom. The monoisotopic (exact) mass is 338 g/mol. The van der Waals surface area contributed by atoms with Crippen LogP contribution >= 0.6 is 0 Å². The minimum absolute atomic E-state index is 0.145. The summed E-state index contributed by atoms with van der Waals surface area (Å²) in [6.07, 6.45) is 0. The molecule has 1 heterocycles. The van der Waals surface area contributed by atoms with Gasteiger partial charge >= 0.3 is 5.69 Å². The average Bonchev–Trinajstić information content (AvgIpc) is 2.91. The molecule has 3 aromatic rings. The van der Waals surface area contributed by atoms with Gasteiger partial charge in [0.15, 0.2) is 0 Å². The van der Waals surface area contributed by atoms with Crippen molar-refractivity contribution in [3.63, 3.8) is 0 Å². The summed E-state index contributed by atoms with van der Waals surface area (Å²) >= 11 is 0. The predicted molar refractivity (Wildman–Crippen MR) is 95.8 cm³/mol. The number of hydrogen-bond donors (Lipinski definition) is 4. The van der Waals surface area contributed by atoms with Crippen LogP contribution in [-0.2, 0) is 4.79 Å². The second-order valence-corrected chi connectivity index (χ2v) is 5.95. The number of H-pyrrole nitrogens is 2. The van der Waals surface area contributed by atoms with Gasteiger partial charge in [-0.25, -0.2) is 4.79 Å². The molecule has 0 aliphatic carbocycles. The van der Waals surface area contributed by atoms with E-state index < -0.39 is 0 Å². The Balaban J connectivity index is 1.61. The maximum Gasteiger partial charge on any atom is 0.323 e. The van der Waals surface area contributed by atoms with Crippen LogP contribution in [0.25, 0.3) is 11.0 Å². The Morgan fingerprint density at radius 2 is 1.64 bits per heavy atom.